The zero-order valence-corrected chi connectivity index (χ0v) is 13.9. The Balaban J connectivity index is 1.54. The van der Waals surface area contributed by atoms with Crippen LogP contribution in [0.1, 0.15) is 32.1 Å². The number of fused-ring (bicyclic) bond motifs is 1. The summed E-state index contributed by atoms with van der Waals surface area (Å²) in [5.74, 6) is 0. The molecule has 1 aliphatic rings. The first-order chi connectivity index (χ1) is 11.4. The third-order valence-electron chi connectivity index (χ3n) is 4.45. The number of para-hydroxylation sites is 2. The van der Waals surface area contributed by atoms with Crippen LogP contribution < -0.4 is 0 Å². The summed E-state index contributed by atoms with van der Waals surface area (Å²) in [6, 6.07) is 16.8. The maximum atomic E-state index is 4.72. The van der Waals surface area contributed by atoms with Crippen molar-refractivity contribution in [2.75, 3.05) is 0 Å². The third-order valence-corrected chi connectivity index (χ3v) is 5.80. The van der Waals surface area contributed by atoms with Gasteiger partial charge in [-0.25, -0.2) is 4.98 Å². The van der Waals surface area contributed by atoms with Gasteiger partial charge in [-0.15, -0.1) is 11.8 Å². The molecule has 116 valence electrons. The second-order valence-corrected chi connectivity index (χ2v) is 7.52. The zero-order valence-electron chi connectivity index (χ0n) is 13.1. The van der Waals surface area contributed by atoms with Gasteiger partial charge in [0.05, 0.1) is 22.9 Å². The molecular formula is C20H20N2S. The van der Waals surface area contributed by atoms with Crippen molar-refractivity contribution >= 4 is 22.8 Å². The van der Waals surface area contributed by atoms with E-state index in [1.807, 2.05) is 42.2 Å². The monoisotopic (exact) mass is 320 g/mol. The Morgan fingerprint density at radius 2 is 1.57 bits per heavy atom. The van der Waals surface area contributed by atoms with Gasteiger partial charge < -0.3 is 0 Å². The summed E-state index contributed by atoms with van der Waals surface area (Å²) in [6.07, 6.45) is 8.79. The number of benzene rings is 2. The fourth-order valence-corrected chi connectivity index (χ4v) is 4.42. The van der Waals surface area contributed by atoms with Gasteiger partial charge >= 0.3 is 0 Å². The molecule has 3 aromatic rings. The highest BCUT2D eigenvalue weighted by Crippen LogP contribution is 2.34. The summed E-state index contributed by atoms with van der Waals surface area (Å²) in [5, 5.41) is 0.801. The number of hydrogen-bond acceptors (Lipinski definition) is 3. The average molecular weight is 320 g/mol. The van der Waals surface area contributed by atoms with E-state index in [0.717, 1.165) is 27.5 Å². The number of thioether (sulfide) groups is 1. The number of hydrogen-bond donors (Lipinski definition) is 0. The van der Waals surface area contributed by atoms with E-state index in [2.05, 4.69) is 29.2 Å². The Kier molecular flexibility index (Phi) is 4.29. The van der Waals surface area contributed by atoms with Gasteiger partial charge in [-0.3, -0.25) is 4.98 Å². The lowest BCUT2D eigenvalue weighted by atomic mass is 10.0. The molecule has 0 amide bonds. The van der Waals surface area contributed by atoms with Crippen LogP contribution in [0.3, 0.4) is 0 Å². The molecule has 1 aromatic heterocycles. The van der Waals surface area contributed by atoms with Crippen LogP contribution in [0, 0.1) is 0 Å². The Labute approximate surface area is 141 Å². The van der Waals surface area contributed by atoms with Crippen LogP contribution in [-0.2, 0) is 0 Å². The van der Waals surface area contributed by atoms with Gasteiger partial charge in [0.2, 0.25) is 0 Å². The second-order valence-electron chi connectivity index (χ2n) is 6.15. The zero-order chi connectivity index (χ0) is 15.5. The van der Waals surface area contributed by atoms with E-state index in [0.29, 0.717) is 0 Å². The summed E-state index contributed by atoms with van der Waals surface area (Å²) in [7, 11) is 0. The Hall–Kier alpha value is -1.87. The molecule has 0 aliphatic heterocycles. The highest BCUT2D eigenvalue weighted by molar-refractivity contribution is 8.00. The van der Waals surface area contributed by atoms with Gasteiger partial charge in [0.15, 0.2) is 0 Å². The molecule has 0 saturated heterocycles. The summed E-state index contributed by atoms with van der Waals surface area (Å²) >= 11 is 2.03. The van der Waals surface area contributed by atoms with Crippen LogP contribution >= 0.6 is 11.8 Å². The standard InChI is InChI=1S/C20H20N2S/c1-2-6-16(7-3-1)23-17-12-10-15(11-13-17)20-14-21-18-8-4-5-9-19(18)22-20/h4-5,8-14,16H,1-3,6-7H2. The minimum Gasteiger partial charge on any atom is -0.252 e. The number of aromatic nitrogens is 2. The first-order valence-electron chi connectivity index (χ1n) is 8.37. The molecule has 4 rings (SSSR count). The maximum absolute atomic E-state index is 4.72. The Bertz CT molecular complexity index is 792. The molecule has 1 heterocycles. The minimum atomic E-state index is 0.801. The van der Waals surface area contributed by atoms with Crippen molar-refractivity contribution < 1.29 is 0 Å². The summed E-state index contributed by atoms with van der Waals surface area (Å²) in [6.45, 7) is 0. The van der Waals surface area contributed by atoms with Crippen LogP contribution in [0.15, 0.2) is 59.6 Å². The van der Waals surface area contributed by atoms with Crippen LogP contribution in [-0.4, -0.2) is 15.2 Å². The molecule has 23 heavy (non-hydrogen) atoms. The van der Waals surface area contributed by atoms with Crippen molar-refractivity contribution in [2.24, 2.45) is 0 Å². The molecule has 0 N–H and O–H groups in total. The third kappa shape index (κ3) is 3.40. The molecule has 0 atom stereocenters. The average Bonchev–Trinajstić information content (AvgIpc) is 2.63. The van der Waals surface area contributed by atoms with Gasteiger partial charge in [-0.05, 0) is 37.1 Å². The Morgan fingerprint density at radius 1 is 0.826 bits per heavy atom. The summed E-state index contributed by atoms with van der Waals surface area (Å²) in [4.78, 5) is 10.6. The largest absolute Gasteiger partial charge is 0.252 e. The van der Waals surface area contributed by atoms with E-state index in [9.17, 15) is 0 Å². The van der Waals surface area contributed by atoms with Crippen molar-refractivity contribution in [3.8, 4) is 11.3 Å². The molecule has 1 saturated carbocycles. The molecular weight excluding hydrogens is 300 g/mol. The van der Waals surface area contributed by atoms with Crippen molar-refractivity contribution in [3.63, 3.8) is 0 Å². The first kappa shape index (κ1) is 14.7. The normalized spacial score (nSPS) is 15.8. The summed E-state index contributed by atoms with van der Waals surface area (Å²) < 4.78 is 0. The van der Waals surface area contributed by atoms with E-state index < -0.39 is 0 Å². The maximum Gasteiger partial charge on any atom is 0.0894 e. The van der Waals surface area contributed by atoms with Crippen LogP contribution in [0.4, 0.5) is 0 Å². The Morgan fingerprint density at radius 3 is 2.35 bits per heavy atom. The van der Waals surface area contributed by atoms with Crippen LogP contribution in [0.2, 0.25) is 0 Å². The van der Waals surface area contributed by atoms with Crippen molar-refractivity contribution in [2.45, 2.75) is 42.2 Å². The lowest BCUT2D eigenvalue weighted by molar-refractivity contribution is 0.516. The minimum absolute atomic E-state index is 0.801. The smallest absolute Gasteiger partial charge is 0.0894 e. The first-order valence-corrected chi connectivity index (χ1v) is 9.25. The molecule has 1 fully saturated rings. The quantitative estimate of drug-likeness (QED) is 0.617. The predicted octanol–water partition coefficient (Wildman–Crippen LogP) is 5.72. The van der Waals surface area contributed by atoms with E-state index in [1.54, 1.807) is 0 Å². The lowest BCUT2D eigenvalue weighted by Crippen LogP contribution is -2.07. The van der Waals surface area contributed by atoms with Crippen LogP contribution in [0.5, 0.6) is 0 Å². The summed E-state index contributed by atoms with van der Waals surface area (Å²) in [5.41, 5.74) is 3.97. The van der Waals surface area contributed by atoms with Gasteiger partial charge in [0, 0.05) is 15.7 Å². The highest BCUT2D eigenvalue weighted by atomic mass is 32.2. The topological polar surface area (TPSA) is 25.8 Å². The van der Waals surface area contributed by atoms with Crippen molar-refractivity contribution in [1.29, 1.82) is 0 Å². The molecule has 2 nitrogen and oxygen atoms in total. The van der Waals surface area contributed by atoms with Gasteiger partial charge in [-0.1, -0.05) is 43.5 Å². The molecule has 0 radical (unpaired) electrons. The SMILES string of the molecule is c1ccc2nc(-c3ccc(SC4CCCCC4)cc3)cnc2c1. The lowest BCUT2D eigenvalue weighted by Gasteiger charge is -2.20. The van der Waals surface area contributed by atoms with E-state index in [4.69, 9.17) is 4.98 Å². The molecule has 2 aromatic carbocycles. The highest BCUT2D eigenvalue weighted by Gasteiger charge is 2.14. The van der Waals surface area contributed by atoms with Gasteiger partial charge in [0.1, 0.15) is 0 Å². The molecule has 0 bridgehead atoms. The molecule has 1 aliphatic carbocycles. The van der Waals surface area contributed by atoms with Gasteiger partial charge in [-0.2, -0.15) is 0 Å². The molecule has 3 heteroatoms. The predicted molar refractivity (Wildman–Crippen MR) is 97.7 cm³/mol. The van der Waals surface area contributed by atoms with E-state index >= 15 is 0 Å². The van der Waals surface area contributed by atoms with E-state index in [1.165, 1.54) is 37.0 Å². The molecule has 0 unspecified atom stereocenters. The van der Waals surface area contributed by atoms with E-state index in [-0.39, 0.29) is 0 Å². The second kappa shape index (κ2) is 6.71. The molecule has 0 spiro atoms. The fourth-order valence-electron chi connectivity index (χ4n) is 3.18. The van der Waals surface area contributed by atoms with Gasteiger partial charge in [0.25, 0.3) is 0 Å². The fraction of sp³-hybridized carbons (Fsp3) is 0.300. The number of nitrogens with zero attached hydrogens (tertiary/aromatic N) is 2. The van der Waals surface area contributed by atoms with Crippen molar-refractivity contribution in [3.05, 3.63) is 54.7 Å². The van der Waals surface area contributed by atoms with Crippen molar-refractivity contribution in [1.82, 2.24) is 9.97 Å². The number of rotatable bonds is 3. The van der Waals surface area contributed by atoms with Crippen LogP contribution in [0.25, 0.3) is 22.3 Å².